The summed E-state index contributed by atoms with van der Waals surface area (Å²) in [4.78, 5) is 13.0. The third kappa shape index (κ3) is 2.64. The van der Waals surface area contributed by atoms with Crippen LogP contribution in [-0.4, -0.2) is 24.7 Å². The van der Waals surface area contributed by atoms with E-state index in [4.69, 9.17) is 0 Å². The molecule has 4 rings (SSSR count). The fourth-order valence-electron chi connectivity index (χ4n) is 2.96. The maximum atomic E-state index is 4.62. The fourth-order valence-corrected chi connectivity index (χ4v) is 2.96. The summed E-state index contributed by atoms with van der Waals surface area (Å²) >= 11 is 0. The quantitative estimate of drug-likeness (QED) is 0.801. The Labute approximate surface area is 128 Å². The lowest BCUT2D eigenvalue weighted by Gasteiger charge is -2.07. The lowest BCUT2D eigenvalue weighted by atomic mass is 10.3. The predicted octanol–water partition coefficient (Wildman–Crippen LogP) is 2.95. The van der Waals surface area contributed by atoms with Crippen LogP contribution in [0.3, 0.4) is 0 Å². The zero-order chi connectivity index (χ0) is 14.8. The highest BCUT2D eigenvalue weighted by Crippen LogP contribution is 2.29. The highest BCUT2D eigenvalue weighted by Gasteiger charge is 2.18. The van der Waals surface area contributed by atoms with Crippen LogP contribution >= 0.6 is 0 Å². The highest BCUT2D eigenvalue weighted by atomic mass is 15.3. The van der Waals surface area contributed by atoms with Crippen LogP contribution in [0.5, 0.6) is 0 Å². The molecule has 0 amide bonds. The number of nitrogens with zero attached hydrogens (tertiary/aromatic N) is 5. The van der Waals surface area contributed by atoms with Crippen LogP contribution in [0.25, 0.3) is 11.0 Å². The van der Waals surface area contributed by atoms with Crippen molar-refractivity contribution in [3.05, 3.63) is 42.5 Å². The lowest BCUT2D eigenvalue weighted by Crippen LogP contribution is -2.05. The maximum absolute atomic E-state index is 4.62. The van der Waals surface area contributed by atoms with Gasteiger partial charge in [-0.2, -0.15) is 10.1 Å². The van der Waals surface area contributed by atoms with E-state index in [1.54, 1.807) is 6.20 Å². The topological polar surface area (TPSA) is 68.5 Å². The molecule has 3 heterocycles. The van der Waals surface area contributed by atoms with Crippen molar-refractivity contribution in [2.75, 3.05) is 5.32 Å². The van der Waals surface area contributed by atoms with Gasteiger partial charge in [-0.25, -0.2) is 4.98 Å². The predicted molar refractivity (Wildman–Crippen MR) is 84.4 cm³/mol. The van der Waals surface area contributed by atoms with Gasteiger partial charge in [0, 0.05) is 31.3 Å². The fraction of sp³-hybridized carbons (Fsp3) is 0.375. The van der Waals surface area contributed by atoms with Crippen molar-refractivity contribution in [1.82, 2.24) is 24.7 Å². The minimum atomic E-state index is 0.529. The molecule has 0 aromatic carbocycles. The van der Waals surface area contributed by atoms with E-state index >= 15 is 0 Å². The van der Waals surface area contributed by atoms with Gasteiger partial charge in [0.25, 0.3) is 0 Å². The van der Waals surface area contributed by atoms with Crippen molar-refractivity contribution in [2.24, 2.45) is 0 Å². The molecule has 112 valence electrons. The van der Waals surface area contributed by atoms with E-state index in [9.17, 15) is 0 Å². The Bertz CT molecular complexity index is 761. The summed E-state index contributed by atoms with van der Waals surface area (Å²) < 4.78 is 2.07. The summed E-state index contributed by atoms with van der Waals surface area (Å²) in [5, 5.41) is 8.84. The first-order chi connectivity index (χ1) is 10.9. The third-order valence-corrected chi connectivity index (χ3v) is 4.15. The normalized spacial score (nSPS) is 15.5. The summed E-state index contributed by atoms with van der Waals surface area (Å²) in [5.74, 6) is 0.605. The molecular formula is C16H18N6. The van der Waals surface area contributed by atoms with E-state index in [0.29, 0.717) is 18.5 Å². The summed E-state index contributed by atoms with van der Waals surface area (Å²) in [6.45, 7) is 0.655. The van der Waals surface area contributed by atoms with Crippen molar-refractivity contribution in [3.8, 4) is 0 Å². The number of aromatic nitrogens is 5. The Kier molecular flexibility index (Phi) is 3.42. The van der Waals surface area contributed by atoms with E-state index in [1.807, 2.05) is 24.5 Å². The second-order valence-corrected chi connectivity index (χ2v) is 5.73. The van der Waals surface area contributed by atoms with Crippen LogP contribution in [-0.2, 0) is 6.54 Å². The molecule has 6 nitrogen and oxygen atoms in total. The molecule has 3 aromatic rings. The number of fused-ring (bicyclic) bond motifs is 1. The van der Waals surface area contributed by atoms with Crippen LogP contribution in [0.1, 0.15) is 37.3 Å². The third-order valence-electron chi connectivity index (χ3n) is 4.15. The molecule has 0 spiro atoms. The van der Waals surface area contributed by atoms with Crippen LogP contribution in [0.4, 0.5) is 5.95 Å². The molecule has 0 aliphatic heterocycles. The molecular weight excluding hydrogens is 276 g/mol. The molecule has 3 aromatic heterocycles. The Morgan fingerprint density at radius 1 is 1.23 bits per heavy atom. The largest absolute Gasteiger partial charge is 0.350 e. The van der Waals surface area contributed by atoms with Gasteiger partial charge in [-0.1, -0.05) is 18.9 Å². The summed E-state index contributed by atoms with van der Waals surface area (Å²) in [6.07, 6.45) is 12.5. The zero-order valence-corrected chi connectivity index (χ0v) is 12.3. The number of pyridine rings is 1. The van der Waals surface area contributed by atoms with Crippen LogP contribution in [0.2, 0.25) is 0 Å². The van der Waals surface area contributed by atoms with Crippen molar-refractivity contribution in [1.29, 1.82) is 0 Å². The van der Waals surface area contributed by atoms with E-state index < -0.39 is 0 Å². The standard InChI is InChI=1S/C16H18N6/c1-2-6-14(5-1)22-11-13-10-19-16(20-15(13)21-22)18-9-12-4-3-7-17-8-12/h3-4,7-8,10-11,14H,1-2,5-6,9H2,(H,18,20,21). The van der Waals surface area contributed by atoms with Gasteiger partial charge in [-0.15, -0.1) is 0 Å². The molecule has 1 fully saturated rings. The second kappa shape index (κ2) is 5.71. The maximum Gasteiger partial charge on any atom is 0.225 e. The molecule has 0 unspecified atom stereocenters. The van der Waals surface area contributed by atoms with E-state index in [-0.39, 0.29) is 0 Å². The first-order valence-corrected chi connectivity index (χ1v) is 7.73. The molecule has 0 bridgehead atoms. The second-order valence-electron chi connectivity index (χ2n) is 5.73. The molecule has 6 heteroatoms. The van der Waals surface area contributed by atoms with Gasteiger partial charge < -0.3 is 5.32 Å². The summed E-state index contributed by atoms with van der Waals surface area (Å²) in [6, 6.07) is 4.47. The molecule has 1 saturated carbocycles. The van der Waals surface area contributed by atoms with Gasteiger partial charge in [0.2, 0.25) is 5.95 Å². The number of rotatable bonds is 4. The minimum Gasteiger partial charge on any atom is -0.350 e. The Morgan fingerprint density at radius 3 is 2.95 bits per heavy atom. The molecule has 0 atom stereocenters. The smallest absolute Gasteiger partial charge is 0.225 e. The van der Waals surface area contributed by atoms with Crippen LogP contribution in [0, 0.1) is 0 Å². The number of nitrogens with one attached hydrogen (secondary N) is 1. The Hall–Kier alpha value is -2.50. The van der Waals surface area contributed by atoms with Gasteiger partial charge in [0.15, 0.2) is 5.65 Å². The van der Waals surface area contributed by atoms with Crippen molar-refractivity contribution < 1.29 is 0 Å². The first kappa shape index (κ1) is 13.2. The SMILES string of the molecule is c1cncc(CNc2ncc3cn(C4CCCC4)nc3n2)c1. The van der Waals surface area contributed by atoms with E-state index in [1.165, 1.54) is 25.7 Å². The van der Waals surface area contributed by atoms with Crippen LogP contribution in [0.15, 0.2) is 36.9 Å². The number of anilines is 1. The average Bonchev–Trinajstić information content (AvgIpc) is 3.22. The van der Waals surface area contributed by atoms with Gasteiger partial charge in [-0.05, 0) is 24.5 Å². The molecule has 1 N–H and O–H groups in total. The van der Waals surface area contributed by atoms with E-state index in [2.05, 4.69) is 36.2 Å². The van der Waals surface area contributed by atoms with Crippen molar-refractivity contribution >= 4 is 17.0 Å². The van der Waals surface area contributed by atoms with Gasteiger partial charge >= 0.3 is 0 Å². The Morgan fingerprint density at radius 2 is 2.14 bits per heavy atom. The van der Waals surface area contributed by atoms with Gasteiger partial charge in [0.05, 0.1) is 11.4 Å². The highest BCUT2D eigenvalue weighted by molar-refractivity contribution is 5.73. The molecule has 0 radical (unpaired) electrons. The Balaban J connectivity index is 1.52. The summed E-state index contributed by atoms with van der Waals surface area (Å²) in [7, 11) is 0. The van der Waals surface area contributed by atoms with Gasteiger partial charge in [0.1, 0.15) is 0 Å². The van der Waals surface area contributed by atoms with Crippen LogP contribution < -0.4 is 5.32 Å². The van der Waals surface area contributed by atoms with Crippen molar-refractivity contribution in [3.63, 3.8) is 0 Å². The molecule has 0 saturated heterocycles. The monoisotopic (exact) mass is 294 g/mol. The minimum absolute atomic E-state index is 0.529. The first-order valence-electron chi connectivity index (χ1n) is 7.73. The van der Waals surface area contributed by atoms with Crippen molar-refractivity contribution in [2.45, 2.75) is 38.3 Å². The molecule has 22 heavy (non-hydrogen) atoms. The average molecular weight is 294 g/mol. The zero-order valence-electron chi connectivity index (χ0n) is 12.3. The van der Waals surface area contributed by atoms with E-state index in [0.717, 1.165) is 16.6 Å². The number of hydrogen-bond acceptors (Lipinski definition) is 5. The number of hydrogen-bond donors (Lipinski definition) is 1. The molecule has 1 aliphatic rings. The summed E-state index contributed by atoms with van der Waals surface area (Å²) in [5.41, 5.74) is 1.86. The molecule has 1 aliphatic carbocycles. The lowest BCUT2D eigenvalue weighted by molar-refractivity contribution is 0.470. The van der Waals surface area contributed by atoms with Gasteiger partial charge in [-0.3, -0.25) is 9.67 Å².